The maximum absolute atomic E-state index is 13.4. The lowest BCUT2D eigenvalue weighted by Crippen LogP contribution is -2.17. The Morgan fingerprint density at radius 2 is 1.91 bits per heavy atom. The summed E-state index contributed by atoms with van der Waals surface area (Å²) < 4.78 is 45.6. The molecule has 0 fully saturated rings. The van der Waals surface area contributed by atoms with Crippen LogP contribution in [-0.4, -0.2) is 26.6 Å². The van der Waals surface area contributed by atoms with Crippen LogP contribution in [0.3, 0.4) is 0 Å². The molecule has 0 aliphatic heterocycles. The van der Waals surface area contributed by atoms with Gasteiger partial charge in [0, 0.05) is 0 Å². The third-order valence-corrected chi connectivity index (χ3v) is 4.51. The zero-order valence-corrected chi connectivity index (χ0v) is 13.1. The van der Waals surface area contributed by atoms with Gasteiger partial charge in [-0.2, -0.15) is 0 Å². The summed E-state index contributed by atoms with van der Waals surface area (Å²) in [5, 5.41) is 9.16. The third kappa shape index (κ3) is 3.42. The van der Waals surface area contributed by atoms with Gasteiger partial charge in [0.05, 0.1) is 18.4 Å². The number of hydrogen-bond donors (Lipinski definition) is 2. The van der Waals surface area contributed by atoms with Gasteiger partial charge in [0.15, 0.2) is 0 Å². The van der Waals surface area contributed by atoms with Crippen molar-refractivity contribution in [2.75, 3.05) is 11.8 Å². The number of carbonyl (C=O) groups is 1. The standard InChI is InChI=1S/C15H14FNO5S/c1-9-7-10(16)8-11(15(18)19)14(9)17-23(20,21)13-6-4-3-5-12(13)22-2/h3-8,17H,1-2H3,(H,18,19). The number of ether oxygens (including phenoxy) is 1. The molecule has 0 spiro atoms. The second-order valence-electron chi connectivity index (χ2n) is 4.71. The second kappa shape index (κ2) is 6.25. The zero-order chi connectivity index (χ0) is 17.2. The Hall–Kier alpha value is -2.61. The highest BCUT2D eigenvalue weighted by Gasteiger charge is 2.23. The van der Waals surface area contributed by atoms with Gasteiger partial charge in [0.2, 0.25) is 0 Å². The molecule has 0 aromatic heterocycles. The van der Waals surface area contributed by atoms with E-state index >= 15 is 0 Å². The highest BCUT2D eigenvalue weighted by molar-refractivity contribution is 7.92. The molecule has 23 heavy (non-hydrogen) atoms. The fraction of sp³-hybridized carbons (Fsp3) is 0.133. The van der Waals surface area contributed by atoms with Crippen LogP contribution in [0.25, 0.3) is 0 Å². The molecule has 122 valence electrons. The van der Waals surface area contributed by atoms with Crippen LogP contribution in [0.1, 0.15) is 15.9 Å². The zero-order valence-electron chi connectivity index (χ0n) is 12.3. The Bertz CT molecular complexity index is 864. The Morgan fingerprint density at radius 1 is 1.26 bits per heavy atom. The number of para-hydroxylation sites is 1. The normalized spacial score (nSPS) is 11.1. The van der Waals surface area contributed by atoms with Crippen molar-refractivity contribution >= 4 is 21.7 Å². The van der Waals surface area contributed by atoms with E-state index in [0.717, 1.165) is 12.1 Å². The molecule has 0 amide bonds. The first-order chi connectivity index (χ1) is 10.8. The molecule has 0 heterocycles. The van der Waals surface area contributed by atoms with Crippen LogP contribution in [0.5, 0.6) is 5.75 Å². The summed E-state index contributed by atoms with van der Waals surface area (Å²) in [6.45, 7) is 1.41. The van der Waals surface area contributed by atoms with E-state index in [-0.39, 0.29) is 21.9 Å². The number of sulfonamides is 1. The van der Waals surface area contributed by atoms with Gasteiger partial charge in [-0.05, 0) is 36.8 Å². The first-order valence-electron chi connectivity index (χ1n) is 6.45. The monoisotopic (exact) mass is 339 g/mol. The van der Waals surface area contributed by atoms with Crippen molar-refractivity contribution in [1.29, 1.82) is 0 Å². The van der Waals surface area contributed by atoms with Crippen LogP contribution in [0.4, 0.5) is 10.1 Å². The minimum absolute atomic E-state index is 0.108. The SMILES string of the molecule is COc1ccccc1S(=O)(=O)Nc1c(C)cc(F)cc1C(=O)O. The predicted molar refractivity (Wildman–Crippen MR) is 81.9 cm³/mol. The molecule has 2 aromatic rings. The molecule has 8 heteroatoms. The van der Waals surface area contributed by atoms with E-state index < -0.39 is 27.4 Å². The Labute approximate surface area is 132 Å². The molecule has 0 bridgehead atoms. The highest BCUT2D eigenvalue weighted by atomic mass is 32.2. The Morgan fingerprint density at radius 3 is 2.52 bits per heavy atom. The van der Waals surface area contributed by atoms with Crippen LogP contribution in [0.2, 0.25) is 0 Å². The summed E-state index contributed by atoms with van der Waals surface area (Å²) in [6.07, 6.45) is 0. The van der Waals surface area contributed by atoms with Crippen molar-refractivity contribution in [3.63, 3.8) is 0 Å². The fourth-order valence-electron chi connectivity index (χ4n) is 2.08. The molecule has 0 atom stereocenters. The lowest BCUT2D eigenvalue weighted by atomic mass is 10.1. The molecule has 0 aliphatic carbocycles. The minimum atomic E-state index is -4.11. The molecule has 2 rings (SSSR count). The quantitative estimate of drug-likeness (QED) is 0.873. The molecule has 2 aromatic carbocycles. The third-order valence-electron chi connectivity index (χ3n) is 3.13. The van der Waals surface area contributed by atoms with Crippen LogP contribution >= 0.6 is 0 Å². The summed E-state index contributed by atoms with van der Waals surface area (Å²) in [5.41, 5.74) is -0.508. The van der Waals surface area contributed by atoms with Crippen LogP contribution in [0, 0.1) is 12.7 Å². The van der Waals surface area contributed by atoms with Gasteiger partial charge >= 0.3 is 5.97 Å². The number of aryl methyl sites for hydroxylation is 1. The topological polar surface area (TPSA) is 92.7 Å². The summed E-state index contributed by atoms with van der Waals surface area (Å²) in [6, 6.07) is 7.70. The number of rotatable bonds is 5. The van der Waals surface area contributed by atoms with Gasteiger partial charge in [0.25, 0.3) is 10.0 Å². The largest absolute Gasteiger partial charge is 0.495 e. The molecular weight excluding hydrogens is 325 g/mol. The number of carboxylic acids is 1. The molecule has 0 unspecified atom stereocenters. The fourth-order valence-corrected chi connectivity index (χ4v) is 3.40. The van der Waals surface area contributed by atoms with Crippen molar-refractivity contribution < 1.29 is 27.4 Å². The van der Waals surface area contributed by atoms with E-state index in [2.05, 4.69) is 4.72 Å². The molecule has 0 aliphatic rings. The molecule has 2 N–H and O–H groups in total. The lowest BCUT2D eigenvalue weighted by Gasteiger charge is -2.15. The number of halogens is 1. The van der Waals surface area contributed by atoms with Crippen LogP contribution in [0.15, 0.2) is 41.3 Å². The molecule has 0 saturated carbocycles. The second-order valence-corrected chi connectivity index (χ2v) is 6.36. The van der Waals surface area contributed by atoms with Crippen molar-refractivity contribution in [2.24, 2.45) is 0 Å². The maximum atomic E-state index is 13.4. The van der Waals surface area contributed by atoms with E-state index in [9.17, 15) is 17.6 Å². The number of hydrogen-bond acceptors (Lipinski definition) is 4. The number of benzene rings is 2. The van der Waals surface area contributed by atoms with Crippen molar-refractivity contribution in [3.8, 4) is 5.75 Å². The summed E-state index contributed by atoms with van der Waals surface area (Å²) in [7, 11) is -2.79. The van der Waals surface area contributed by atoms with E-state index in [4.69, 9.17) is 9.84 Å². The van der Waals surface area contributed by atoms with Crippen LogP contribution in [-0.2, 0) is 10.0 Å². The molecular formula is C15H14FNO5S. The average Bonchev–Trinajstić information content (AvgIpc) is 2.49. The van der Waals surface area contributed by atoms with Gasteiger partial charge < -0.3 is 9.84 Å². The van der Waals surface area contributed by atoms with Crippen molar-refractivity contribution in [1.82, 2.24) is 0 Å². The first kappa shape index (κ1) is 16.8. The van der Waals surface area contributed by atoms with E-state index in [0.29, 0.717) is 0 Å². The van der Waals surface area contributed by atoms with Gasteiger partial charge in [0.1, 0.15) is 16.5 Å². The van der Waals surface area contributed by atoms with Gasteiger partial charge in [-0.1, -0.05) is 12.1 Å². The number of aromatic carboxylic acids is 1. The maximum Gasteiger partial charge on any atom is 0.337 e. The number of carboxylic acid groups (broad SMARTS) is 1. The average molecular weight is 339 g/mol. The number of methoxy groups -OCH3 is 1. The smallest absolute Gasteiger partial charge is 0.337 e. The van der Waals surface area contributed by atoms with E-state index in [1.54, 1.807) is 6.07 Å². The van der Waals surface area contributed by atoms with E-state index in [1.165, 1.54) is 32.2 Å². The van der Waals surface area contributed by atoms with Crippen LogP contribution < -0.4 is 9.46 Å². The summed E-state index contributed by atoms with van der Waals surface area (Å²) in [5.74, 6) is -2.10. The van der Waals surface area contributed by atoms with E-state index in [1.807, 2.05) is 0 Å². The Kier molecular flexibility index (Phi) is 4.55. The predicted octanol–water partition coefficient (Wildman–Crippen LogP) is 2.64. The van der Waals surface area contributed by atoms with Crippen molar-refractivity contribution in [2.45, 2.75) is 11.8 Å². The number of nitrogens with one attached hydrogen (secondary N) is 1. The van der Waals surface area contributed by atoms with Gasteiger partial charge in [-0.15, -0.1) is 0 Å². The molecule has 0 saturated heterocycles. The van der Waals surface area contributed by atoms with Gasteiger partial charge in [-0.3, -0.25) is 4.72 Å². The molecule has 6 nitrogen and oxygen atoms in total. The van der Waals surface area contributed by atoms with Crippen molar-refractivity contribution in [3.05, 3.63) is 53.3 Å². The number of anilines is 1. The summed E-state index contributed by atoms with van der Waals surface area (Å²) >= 11 is 0. The summed E-state index contributed by atoms with van der Waals surface area (Å²) in [4.78, 5) is 11.1. The Balaban J connectivity index is 2.56. The minimum Gasteiger partial charge on any atom is -0.495 e. The lowest BCUT2D eigenvalue weighted by molar-refractivity contribution is 0.0697. The van der Waals surface area contributed by atoms with Gasteiger partial charge in [-0.25, -0.2) is 17.6 Å². The molecule has 0 radical (unpaired) electrons. The highest BCUT2D eigenvalue weighted by Crippen LogP contribution is 2.29. The first-order valence-corrected chi connectivity index (χ1v) is 7.94.